The molecule has 0 aliphatic heterocycles. The smallest absolute Gasteiger partial charge is 0.388 e. The number of unbranched alkanes of at least 4 members (excludes halogenated alkanes) is 3. The standard InChI is InChI=1S/C27H40O2Si/c1-4-5-6-7-8-9-16-23-28-30(26-19-12-10-13-20-26,27-21-14-11-15-22-27)29-24-17-18-25(2)3/h8-15,19-22,25H,4-7,16-18,23-24H2,1-3H3/b9-8+. The molecule has 0 fully saturated rings. The van der Waals surface area contributed by atoms with Gasteiger partial charge in [-0.1, -0.05) is 106 Å². The predicted octanol–water partition coefficient (Wildman–Crippen LogP) is 6.24. The first-order valence-electron chi connectivity index (χ1n) is 11.7. The molecule has 0 unspecified atom stereocenters. The first-order chi connectivity index (χ1) is 14.7. The van der Waals surface area contributed by atoms with Crippen LogP contribution in [0.25, 0.3) is 0 Å². The van der Waals surface area contributed by atoms with Crippen molar-refractivity contribution in [1.82, 2.24) is 0 Å². The molecular weight excluding hydrogens is 384 g/mol. The van der Waals surface area contributed by atoms with E-state index in [2.05, 4.69) is 93.6 Å². The summed E-state index contributed by atoms with van der Waals surface area (Å²) in [4.78, 5) is 0. The summed E-state index contributed by atoms with van der Waals surface area (Å²) < 4.78 is 13.4. The van der Waals surface area contributed by atoms with E-state index in [1.54, 1.807) is 0 Å². The lowest BCUT2D eigenvalue weighted by molar-refractivity contribution is 0.188. The van der Waals surface area contributed by atoms with Gasteiger partial charge < -0.3 is 8.85 Å². The van der Waals surface area contributed by atoms with Crippen LogP contribution in [-0.2, 0) is 8.85 Å². The summed E-state index contributed by atoms with van der Waals surface area (Å²) in [6.45, 7) is 8.20. The van der Waals surface area contributed by atoms with Crippen molar-refractivity contribution in [3.63, 3.8) is 0 Å². The van der Waals surface area contributed by atoms with E-state index in [0.29, 0.717) is 12.5 Å². The number of allylic oxidation sites excluding steroid dienone is 1. The molecule has 2 aromatic rings. The second-order valence-corrected chi connectivity index (χ2v) is 11.3. The highest BCUT2D eigenvalue weighted by Gasteiger charge is 2.42. The van der Waals surface area contributed by atoms with Crippen molar-refractivity contribution in [2.45, 2.75) is 65.7 Å². The maximum atomic E-state index is 6.70. The summed E-state index contributed by atoms with van der Waals surface area (Å²) in [5, 5.41) is 2.38. The molecule has 0 saturated carbocycles. The highest BCUT2D eigenvalue weighted by Crippen LogP contribution is 2.13. The number of benzene rings is 2. The topological polar surface area (TPSA) is 18.5 Å². The van der Waals surface area contributed by atoms with Gasteiger partial charge >= 0.3 is 8.56 Å². The second-order valence-electron chi connectivity index (χ2n) is 8.34. The van der Waals surface area contributed by atoms with Crippen LogP contribution < -0.4 is 10.4 Å². The third-order valence-electron chi connectivity index (χ3n) is 5.27. The van der Waals surface area contributed by atoms with Gasteiger partial charge in [0.25, 0.3) is 0 Å². The van der Waals surface area contributed by atoms with Gasteiger partial charge in [-0.25, -0.2) is 0 Å². The Morgan fingerprint density at radius 2 is 1.30 bits per heavy atom. The molecule has 0 atom stereocenters. The zero-order valence-electron chi connectivity index (χ0n) is 19.2. The fourth-order valence-corrected chi connectivity index (χ4v) is 6.77. The second kappa shape index (κ2) is 14.3. The molecule has 30 heavy (non-hydrogen) atoms. The summed E-state index contributed by atoms with van der Waals surface area (Å²) >= 11 is 0. The number of hydrogen-bond donors (Lipinski definition) is 0. The van der Waals surface area contributed by atoms with Gasteiger partial charge in [-0.05, 0) is 48.4 Å². The monoisotopic (exact) mass is 424 g/mol. The minimum atomic E-state index is -2.73. The van der Waals surface area contributed by atoms with Crippen LogP contribution in [0.3, 0.4) is 0 Å². The van der Waals surface area contributed by atoms with E-state index in [9.17, 15) is 0 Å². The zero-order chi connectivity index (χ0) is 21.5. The third-order valence-corrected chi connectivity index (χ3v) is 8.68. The molecule has 0 radical (unpaired) electrons. The summed E-state index contributed by atoms with van der Waals surface area (Å²) in [7, 11) is -2.73. The Labute approximate surface area is 185 Å². The van der Waals surface area contributed by atoms with Crippen molar-refractivity contribution in [3.8, 4) is 0 Å². The molecule has 0 aliphatic rings. The van der Waals surface area contributed by atoms with Gasteiger partial charge in [-0.3, -0.25) is 0 Å². The highest BCUT2D eigenvalue weighted by atomic mass is 28.4. The highest BCUT2D eigenvalue weighted by molar-refractivity contribution is 6.92. The number of rotatable bonds is 15. The first kappa shape index (κ1) is 24.6. The molecular formula is C27H40O2Si. The third kappa shape index (κ3) is 8.21. The molecule has 0 amide bonds. The van der Waals surface area contributed by atoms with Crippen molar-refractivity contribution in [2.75, 3.05) is 13.2 Å². The maximum Gasteiger partial charge on any atom is 0.407 e. The van der Waals surface area contributed by atoms with E-state index < -0.39 is 8.56 Å². The summed E-state index contributed by atoms with van der Waals surface area (Å²) in [5.74, 6) is 0.692. The van der Waals surface area contributed by atoms with Crippen LogP contribution in [0.4, 0.5) is 0 Å². The average Bonchev–Trinajstić information content (AvgIpc) is 2.78. The van der Waals surface area contributed by atoms with Crippen molar-refractivity contribution in [3.05, 3.63) is 72.8 Å². The van der Waals surface area contributed by atoms with Crippen molar-refractivity contribution in [1.29, 1.82) is 0 Å². The molecule has 0 saturated heterocycles. The fraction of sp³-hybridized carbons (Fsp3) is 0.481. The molecule has 2 nitrogen and oxygen atoms in total. The molecule has 0 N–H and O–H groups in total. The van der Waals surface area contributed by atoms with Crippen LogP contribution in [0.2, 0.25) is 0 Å². The van der Waals surface area contributed by atoms with Gasteiger partial charge in [0.1, 0.15) is 0 Å². The van der Waals surface area contributed by atoms with Gasteiger partial charge in [0.2, 0.25) is 0 Å². The van der Waals surface area contributed by atoms with Crippen LogP contribution in [0.15, 0.2) is 72.8 Å². The van der Waals surface area contributed by atoms with Crippen LogP contribution >= 0.6 is 0 Å². The predicted molar refractivity (Wildman–Crippen MR) is 132 cm³/mol. The van der Waals surface area contributed by atoms with Crippen LogP contribution in [-0.4, -0.2) is 21.8 Å². The molecule has 2 rings (SSSR count). The quantitative estimate of drug-likeness (QED) is 0.191. The molecule has 0 spiro atoms. The van der Waals surface area contributed by atoms with Gasteiger partial charge in [0, 0.05) is 13.2 Å². The molecule has 0 heterocycles. The minimum Gasteiger partial charge on any atom is -0.388 e. The Balaban J connectivity index is 2.14. The first-order valence-corrected chi connectivity index (χ1v) is 13.5. The molecule has 0 aromatic heterocycles. The largest absolute Gasteiger partial charge is 0.407 e. The van der Waals surface area contributed by atoms with E-state index in [0.717, 1.165) is 19.4 Å². The Bertz CT molecular complexity index is 658. The molecule has 0 bridgehead atoms. The lowest BCUT2D eigenvalue weighted by Crippen LogP contribution is -2.63. The summed E-state index contributed by atoms with van der Waals surface area (Å²) in [6.07, 6.45) is 12.8. The van der Waals surface area contributed by atoms with Gasteiger partial charge in [0.15, 0.2) is 0 Å². The van der Waals surface area contributed by atoms with Crippen LogP contribution in [0.1, 0.15) is 65.7 Å². The van der Waals surface area contributed by atoms with Crippen LogP contribution in [0, 0.1) is 5.92 Å². The molecule has 3 heteroatoms. The van der Waals surface area contributed by atoms with Gasteiger partial charge in [-0.15, -0.1) is 0 Å². The summed E-state index contributed by atoms with van der Waals surface area (Å²) in [5.41, 5.74) is 0. The molecule has 0 aliphatic carbocycles. The lowest BCUT2D eigenvalue weighted by Gasteiger charge is -2.31. The van der Waals surface area contributed by atoms with Gasteiger partial charge in [0.05, 0.1) is 0 Å². The van der Waals surface area contributed by atoms with E-state index in [1.165, 1.54) is 42.5 Å². The Hall–Kier alpha value is -1.68. The van der Waals surface area contributed by atoms with Crippen molar-refractivity contribution < 1.29 is 8.85 Å². The maximum absolute atomic E-state index is 6.70. The van der Waals surface area contributed by atoms with Crippen molar-refractivity contribution >= 4 is 18.9 Å². The number of hydrogen-bond acceptors (Lipinski definition) is 2. The van der Waals surface area contributed by atoms with E-state index in [4.69, 9.17) is 8.85 Å². The Morgan fingerprint density at radius 1 is 0.733 bits per heavy atom. The minimum absolute atomic E-state index is 0.685. The van der Waals surface area contributed by atoms with E-state index >= 15 is 0 Å². The summed E-state index contributed by atoms with van der Waals surface area (Å²) in [6, 6.07) is 21.2. The van der Waals surface area contributed by atoms with E-state index in [-0.39, 0.29) is 0 Å². The van der Waals surface area contributed by atoms with Crippen molar-refractivity contribution in [2.24, 2.45) is 5.92 Å². The Kier molecular flexibility index (Phi) is 11.8. The molecule has 2 aromatic carbocycles. The zero-order valence-corrected chi connectivity index (χ0v) is 20.2. The van der Waals surface area contributed by atoms with E-state index in [1.807, 2.05) is 0 Å². The Morgan fingerprint density at radius 3 is 1.87 bits per heavy atom. The fourth-order valence-electron chi connectivity index (χ4n) is 3.58. The van der Waals surface area contributed by atoms with Gasteiger partial charge in [-0.2, -0.15) is 0 Å². The average molecular weight is 425 g/mol. The SMILES string of the molecule is CCCCC/C=C/CCO[Si](OCCCC(C)C)(c1ccccc1)c1ccccc1. The normalized spacial score (nSPS) is 12.1. The van der Waals surface area contributed by atoms with Crippen LogP contribution in [0.5, 0.6) is 0 Å². The lowest BCUT2D eigenvalue weighted by atomic mass is 10.1. The molecule has 164 valence electrons.